The lowest BCUT2D eigenvalue weighted by Crippen LogP contribution is -2.28. The third-order valence-electron chi connectivity index (χ3n) is 3.39. The van der Waals surface area contributed by atoms with Crippen LogP contribution in [0.1, 0.15) is 31.0 Å². The number of nitrogens with one attached hydrogen (secondary N) is 1. The average molecular weight is 388 g/mol. The number of halogens is 2. The summed E-state index contributed by atoms with van der Waals surface area (Å²) in [5.74, 6) is 0.595. The van der Waals surface area contributed by atoms with Crippen molar-refractivity contribution in [2.45, 2.75) is 25.6 Å². The Labute approximate surface area is 152 Å². The van der Waals surface area contributed by atoms with Crippen molar-refractivity contribution >= 4 is 33.2 Å². The highest BCUT2D eigenvalue weighted by molar-refractivity contribution is 7.88. The molecule has 0 saturated heterocycles. The molecule has 1 unspecified atom stereocenters. The van der Waals surface area contributed by atoms with E-state index in [1.165, 1.54) is 0 Å². The first kappa shape index (κ1) is 19.1. The normalized spacial score (nSPS) is 12.8. The van der Waals surface area contributed by atoms with E-state index in [1.54, 1.807) is 25.1 Å². The summed E-state index contributed by atoms with van der Waals surface area (Å²) in [5.41, 5.74) is 1.44. The van der Waals surface area contributed by atoms with Crippen LogP contribution < -0.4 is 9.46 Å². The van der Waals surface area contributed by atoms with Crippen LogP contribution in [0.15, 0.2) is 42.5 Å². The molecule has 2 aromatic rings. The Kier molecular flexibility index (Phi) is 6.52. The van der Waals surface area contributed by atoms with Crippen LogP contribution in [0.3, 0.4) is 0 Å². The lowest BCUT2D eigenvalue weighted by Gasteiger charge is -2.15. The molecule has 7 heteroatoms. The SMILES string of the molecule is CCOc1ccc(C(C)NS(=O)(=O)Cc2ccc(Cl)c(Cl)c2)cc1. The van der Waals surface area contributed by atoms with Crippen LogP contribution in [0.4, 0.5) is 0 Å². The zero-order chi connectivity index (χ0) is 17.7. The van der Waals surface area contributed by atoms with Gasteiger partial charge in [0.15, 0.2) is 0 Å². The van der Waals surface area contributed by atoms with Gasteiger partial charge in [-0.15, -0.1) is 0 Å². The molecule has 0 saturated carbocycles. The lowest BCUT2D eigenvalue weighted by molar-refractivity contribution is 0.340. The van der Waals surface area contributed by atoms with Crippen LogP contribution in [0.5, 0.6) is 5.75 Å². The Hall–Kier alpha value is -1.27. The fourth-order valence-electron chi connectivity index (χ4n) is 2.25. The third kappa shape index (κ3) is 5.38. The van der Waals surface area contributed by atoms with Crippen LogP contribution >= 0.6 is 23.2 Å². The standard InChI is InChI=1S/C17H19Cl2NO3S/c1-3-23-15-7-5-14(6-8-15)12(2)20-24(21,22)11-13-4-9-16(18)17(19)10-13/h4-10,12,20H,3,11H2,1-2H3. The van der Waals surface area contributed by atoms with Crippen molar-refractivity contribution in [1.29, 1.82) is 0 Å². The first-order chi connectivity index (χ1) is 11.3. The predicted molar refractivity (Wildman–Crippen MR) is 98.2 cm³/mol. The molecular formula is C17H19Cl2NO3S. The van der Waals surface area contributed by atoms with Gasteiger partial charge < -0.3 is 4.74 Å². The largest absolute Gasteiger partial charge is 0.494 e. The van der Waals surface area contributed by atoms with Crippen molar-refractivity contribution in [3.63, 3.8) is 0 Å². The zero-order valence-corrected chi connectivity index (χ0v) is 15.8. The van der Waals surface area contributed by atoms with E-state index < -0.39 is 10.0 Å². The number of ether oxygens (including phenoxy) is 1. The number of sulfonamides is 1. The Morgan fingerprint density at radius 1 is 1.08 bits per heavy atom. The van der Waals surface area contributed by atoms with Crippen molar-refractivity contribution < 1.29 is 13.2 Å². The summed E-state index contributed by atoms with van der Waals surface area (Å²) in [6.07, 6.45) is 0. The van der Waals surface area contributed by atoms with E-state index in [0.29, 0.717) is 22.2 Å². The monoisotopic (exact) mass is 387 g/mol. The zero-order valence-electron chi connectivity index (χ0n) is 13.4. The number of benzene rings is 2. The summed E-state index contributed by atoms with van der Waals surface area (Å²) in [7, 11) is -3.51. The maximum absolute atomic E-state index is 12.3. The summed E-state index contributed by atoms with van der Waals surface area (Å²) in [6.45, 7) is 4.29. The highest BCUT2D eigenvalue weighted by Gasteiger charge is 2.17. The van der Waals surface area contributed by atoms with E-state index >= 15 is 0 Å². The van der Waals surface area contributed by atoms with E-state index in [9.17, 15) is 8.42 Å². The van der Waals surface area contributed by atoms with E-state index in [1.807, 2.05) is 31.2 Å². The maximum Gasteiger partial charge on any atom is 0.216 e. The van der Waals surface area contributed by atoms with Gasteiger partial charge in [0.25, 0.3) is 0 Å². The molecule has 2 rings (SSSR count). The van der Waals surface area contributed by atoms with Gasteiger partial charge in [0, 0.05) is 6.04 Å². The number of hydrogen-bond donors (Lipinski definition) is 1. The fourth-order valence-corrected chi connectivity index (χ4v) is 3.94. The molecule has 0 heterocycles. The third-order valence-corrected chi connectivity index (χ3v) is 5.55. The molecule has 0 aromatic heterocycles. The quantitative estimate of drug-likeness (QED) is 0.756. The molecule has 0 aliphatic rings. The molecule has 1 N–H and O–H groups in total. The molecule has 130 valence electrons. The molecule has 0 spiro atoms. The molecule has 4 nitrogen and oxygen atoms in total. The summed E-state index contributed by atoms with van der Waals surface area (Å²) >= 11 is 11.8. The smallest absolute Gasteiger partial charge is 0.216 e. The molecule has 0 fully saturated rings. The van der Waals surface area contributed by atoms with Crippen molar-refractivity contribution in [3.8, 4) is 5.75 Å². The highest BCUT2D eigenvalue weighted by Crippen LogP contribution is 2.24. The average Bonchev–Trinajstić information content (AvgIpc) is 2.51. The topological polar surface area (TPSA) is 55.4 Å². The minimum absolute atomic E-state index is 0.161. The van der Waals surface area contributed by atoms with E-state index in [0.717, 1.165) is 11.3 Å². The van der Waals surface area contributed by atoms with Crippen molar-refractivity contribution in [2.24, 2.45) is 0 Å². The van der Waals surface area contributed by atoms with E-state index in [-0.39, 0.29) is 11.8 Å². The van der Waals surface area contributed by atoms with Crippen LogP contribution in [0.2, 0.25) is 10.0 Å². The predicted octanol–water partition coefficient (Wildman–Crippen LogP) is 4.57. The minimum Gasteiger partial charge on any atom is -0.494 e. The maximum atomic E-state index is 12.3. The highest BCUT2D eigenvalue weighted by atomic mass is 35.5. The Bertz CT molecular complexity index is 792. The molecule has 0 radical (unpaired) electrons. The Balaban J connectivity index is 2.05. The van der Waals surface area contributed by atoms with Gasteiger partial charge >= 0.3 is 0 Å². The lowest BCUT2D eigenvalue weighted by atomic mass is 10.1. The van der Waals surface area contributed by atoms with Gasteiger partial charge in [-0.1, -0.05) is 41.4 Å². The van der Waals surface area contributed by atoms with Crippen LogP contribution in [-0.2, 0) is 15.8 Å². The van der Waals surface area contributed by atoms with Crippen molar-refractivity contribution in [2.75, 3.05) is 6.61 Å². The number of rotatable bonds is 7. The first-order valence-electron chi connectivity index (χ1n) is 7.47. The first-order valence-corrected chi connectivity index (χ1v) is 9.88. The van der Waals surface area contributed by atoms with Gasteiger partial charge in [-0.05, 0) is 49.2 Å². The second-order valence-electron chi connectivity index (χ2n) is 5.35. The van der Waals surface area contributed by atoms with Gasteiger partial charge in [0.2, 0.25) is 10.0 Å². The summed E-state index contributed by atoms with van der Waals surface area (Å²) < 4.78 is 32.7. The summed E-state index contributed by atoms with van der Waals surface area (Å²) in [6, 6.07) is 11.8. The Morgan fingerprint density at radius 3 is 2.33 bits per heavy atom. The molecule has 1 atom stereocenters. The molecule has 2 aromatic carbocycles. The fraction of sp³-hybridized carbons (Fsp3) is 0.294. The summed E-state index contributed by atoms with van der Waals surface area (Å²) in [5, 5.41) is 0.734. The van der Waals surface area contributed by atoms with Crippen molar-refractivity contribution in [3.05, 3.63) is 63.6 Å². The van der Waals surface area contributed by atoms with Crippen LogP contribution in [0, 0.1) is 0 Å². The summed E-state index contributed by atoms with van der Waals surface area (Å²) in [4.78, 5) is 0. The van der Waals surface area contributed by atoms with Crippen LogP contribution in [-0.4, -0.2) is 15.0 Å². The van der Waals surface area contributed by atoms with Crippen molar-refractivity contribution in [1.82, 2.24) is 4.72 Å². The second kappa shape index (κ2) is 8.21. The van der Waals surface area contributed by atoms with Gasteiger partial charge in [0.1, 0.15) is 5.75 Å². The molecule has 0 aliphatic heterocycles. The minimum atomic E-state index is -3.51. The molecule has 0 bridgehead atoms. The molecule has 0 aliphatic carbocycles. The Morgan fingerprint density at radius 2 is 1.75 bits per heavy atom. The van der Waals surface area contributed by atoms with Gasteiger partial charge in [-0.2, -0.15) is 0 Å². The van der Waals surface area contributed by atoms with E-state index in [4.69, 9.17) is 27.9 Å². The van der Waals surface area contributed by atoms with E-state index in [2.05, 4.69) is 4.72 Å². The molecule has 24 heavy (non-hydrogen) atoms. The second-order valence-corrected chi connectivity index (χ2v) is 7.92. The van der Waals surface area contributed by atoms with Gasteiger partial charge in [-0.25, -0.2) is 13.1 Å². The molecule has 0 amide bonds. The number of hydrogen-bond acceptors (Lipinski definition) is 3. The molecular weight excluding hydrogens is 369 g/mol. The van der Waals surface area contributed by atoms with Gasteiger partial charge in [0.05, 0.1) is 22.4 Å². The van der Waals surface area contributed by atoms with Crippen LogP contribution in [0.25, 0.3) is 0 Å². The van der Waals surface area contributed by atoms with Gasteiger partial charge in [-0.3, -0.25) is 0 Å².